The number of aliphatic hydroxyl groups is 1. The third-order valence-electron chi connectivity index (χ3n) is 4.51. The van der Waals surface area contributed by atoms with Crippen LogP contribution in [0.2, 0.25) is 0 Å². The number of nitrogens with zero attached hydrogens (tertiary/aromatic N) is 4. The normalized spacial score (nSPS) is 25.2. The molecule has 2 heterocycles. The highest BCUT2D eigenvalue weighted by molar-refractivity contribution is 6.32. The van der Waals surface area contributed by atoms with E-state index in [0.29, 0.717) is 22.5 Å². The Kier molecular flexibility index (Phi) is 3.70. The lowest BCUT2D eigenvalue weighted by molar-refractivity contribution is -0.114. The van der Waals surface area contributed by atoms with E-state index in [9.17, 15) is 9.90 Å². The first-order chi connectivity index (χ1) is 12.5. The summed E-state index contributed by atoms with van der Waals surface area (Å²) in [5.74, 6) is -0.273. The van der Waals surface area contributed by atoms with Gasteiger partial charge in [-0.3, -0.25) is 4.79 Å². The minimum absolute atomic E-state index is 0.273. The zero-order chi connectivity index (χ0) is 18.3. The van der Waals surface area contributed by atoms with Crippen molar-refractivity contribution in [2.45, 2.75) is 19.6 Å². The maximum absolute atomic E-state index is 13.0. The van der Waals surface area contributed by atoms with Crippen molar-refractivity contribution in [3.63, 3.8) is 0 Å². The Labute approximate surface area is 151 Å². The van der Waals surface area contributed by atoms with E-state index < -0.39 is 5.72 Å². The van der Waals surface area contributed by atoms with E-state index in [2.05, 4.69) is 10.2 Å². The molecule has 2 aromatic rings. The lowest BCUT2D eigenvalue weighted by atomic mass is 9.96. The van der Waals surface area contributed by atoms with Crippen molar-refractivity contribution in [3.05, 3.63) is 71.8 Å². The quantitative estimate of drug-likeness (QED) is 0.850. The molecule has 2 aromatic carbocycles. The third kappa shape index (κ3) is 2.43. The number of hydrogen-bond donors (Lipinski definition) is 1. The largest absolute Gasteiger partial charge is 0.365 e. The Morgan fingerprint density at radius 3 is 2.15 bits per heavy atom. The summed E-state index contributed by atoms with van der Waals surface area (Å²) in [6.45, 7) is 3.39. The van der Waals surface area contributed by atoms with Crippen LogP contribution in [0.15, 0.2) is 82.0 Å². The van der Waals surface area contributed by atoms with Crippen molar-refractivity contribution in [1.29, 1.82) is 0 Å². The highest BCUT2D eigenvalue weighted by Gasteiger charge is 2.44. The van der Waals surface area contributed by atoms with Crippen LogP contribution < -0.4 is 10.0 Å². The van der Waals surface area contributed by atoms with Gasteiger partial charge in [0.2, 0.25) is 0 Å². The molecule has 1 unspecified atom stereocenters. The van der Waals surface area contributed by atoms with Crippen LogP contribution in [0, 0.1) is 0 Å². The molecule has 4 rings (SSSR count). The van der Waals surface area contributed by atoms with Crippen molar-refractivity contribution in [2.75, 3.05) is 10.0 Å². The van der Waals surface area contributed by atoms with Gasteiger partial charge < -0.3 is 5.11 Å². The predicted molar refractivity (Wildman–Crippen MR) is 102 cm³/mol. The monoisotopic (exact) mass is 346 g/mol. The molecule has 2 aliphatic heterocycles. The number of benzene rings is 2. The first-order valence-electron chi connectivity index (χ1n) is 8.31. The number of carbonyl (C=O) groups is 1. The number of anilines is 2. The topological polar surface area (TPSA) is 68.5 Å². The Bertz CT molecular complexity index is 946. The molecule has 2 aliphatic rings. The van der Waals surface area contributed by atoms with Gasteiger partial charge in [0, 0.05) is 5.57 Å². The second kappa shape index (κ2) is 5.93. The summed E-state index contributed by atoms with van der Waals surface area (Å²) in [7, 11) is 0. The fraction of sp³-hybridized carbons (Fsp3) is 0.150. The van der Waals surface area contributed by atoms with E-state index in [1.807, 2.05) is 60.7 Å². The van der Waals surface area contributed by atoms with E-state index in [4.69, 9.17) is 0 Å². The van der Waals surface area contributed by atoms with Gasteiger partial charge in [-0.25, -0.2) is 5.01 Å². The maximum atomic E-state index is 13.0. The van der Waals surface area contributed by atoms with Crippen molar-refractivity contribution in [2.24, 2.45) is 10.2 Å². The van der Waals surface area contributed by atoms with E-state index in [1.165, 1.54) is 16.2 Å². The van der Waals surface area contributed by atoms with Crippen LogP contribution in [-0.2, 0) is 4.79 Å². The molecular weight excluding hydrogens is 328 g/mol. The van der Waals surface area contributed by atoms with Crippen LogP contribution in [0.4, 0.5) is 11.4 Å². The van der Waals surface area contributed by atoms with Crippen LogP contribution in [0.1, 0.15) is 13.8 Å². The molecule has 0 fully saturated rings. The Hall–Kier alpha value is -3.25. The van der Waals surface area contributed by atoms with Crippen molar-refractivity contribution in [3.8, 4) is 0 Å². The van der Waals surface area contributed by atoms with Crippen molar-refractivity contribution >= 4 is 29.2 Å². The number of hydrazone groups is 2. The van der Waals surface area contributed by atoms with Crippen LogP contribution in [-0.4, -0.2) is 28.7 Å². The molecule has 0 radical (unpaired) electrons. The Morgan fingerprint density at radius 2 is 1.54 bits per heavy atom. The van der Waals surface area contributed by atoms with Gasteiger partial charge in [0.1, 0.15) is 0 Å². The number of hydrogen-bond acceptors (Lipinski definition) is 5. The standard InChI is InChI=1S/C20H18N4O2/c1-14-18(19(25)23(22-14)15-9-5-3-6-10-15)17-13-21-24(20(17,2)26)16-11-7-4-8-12-16/h3-13,26H,1-2H3/b18-17+. The van der Waals surface area contributed by atoms with Crippen LogP contribution in [0.3, 0.4) is 0 Å². The molecule has 130 valence electrons. The average Bonchev–Trinajstić information content (AvgIpc) is 3.11. The number of carbonyl (C=O) groups excluding carboxylic acids is 1. The highest BCUT2D eigenvalue weighted by Crippen LogP contribution is 2.36. The van der Waals surface area contributed by atoms with Gasteiger partial charge in [-0.05, 0) is 38.1 Å². The summed E-state index contributed by atoms with van der Waals surface area (Å²) in [6.07, 6.45) is 1.54. The first kappa shape index (κ1) is 16.2. The molecule has 0 bridgehead atoms. The van der Waals surface area contributed by atoms with Gasteiger partial charge in [0.05, 0.1) is 28.9 Å². The molecule has 1 N–H and O–H groups in total. The number of rotatable bonds is 2. The number of para-hydroxylation sites is 2. The second-order valence-electron chi connectivity index (χ2n) is 6.34. The molecule has 6 nitrogen and oxygen atoms in total. The molecule has 0 saturated carbocycles. The minimum atomic E-state index is -1.45. The molecule has 0 aliphatic carbocycles. The van der Waals surface area contributed by atoms with Gasteiger partial charge in [-0.1, -0.05) is 36.4 Å². The molecule has 1 amide bonds. The summed E-state index contributed by atoms with van der Waals surface area (Å²) in [5, 5.41) is 22.7. The zero-order valence-corrected chi connectivity index (χ0v) is 14.5. The highest BCUT2D eigenvalue weighted by atomic mass is 16.3. The molecule has 0 spiro atoms. The molecule has 26 heavy (non-hydrogen) atoms. The van der Waals surface area contributed by atoms with Gasteiger partial charge >= 0.3 is 0 Å². The number of amides is 1. The van der Waals surface area contributed by atoms with E-state index in [-0.39, 0.29) is 5.91 Å². The van der Waals surface area contributed by atoms with E-state index >= 15 is 0 Å². The van der Waals surface area contributed by atoms with Gasteiger partial charge in [-0.2, -0.15) is 15.2 Å². The molecule has 0 saturated heterocycles. The molecule has 6 heteroatoms. The molecule has 0 aromatic heterocycles. The van der Waals surface area contributed by atoms with Crippen LogP contribution in [0.25, 0.3) is 0 Å². The summed E-state index contributed by atoms with van der Waals surface area (Å²) in [4.78, 5) is 13.0. The fourth-order valence-corrected chi connectivity index (χ4v) is 3.21. The maximum Gasteiger partial charge on any atom is 0.281 e. The summed E-state index contributed by atoms with van der Waals surface area (Å²) < 4.78 is 0. The van der Waals surface area contributed by atoms with Crippen LogP contribution >= 0.6 is 0 Å². The summed E-state index contributed by atoms with van der Waals surface area (Å²) >= 11 is 0. The molecular formula is C20H18N4O2. The second-order valence-corrected chi connectivity index (χ2v) is 6.34. The van der Waals surface area contributed by atoms with Crippen molar-refractivity contribution in [1.82, 2.24) is 0 Å². The summed E-state index contributed by atoms with van der Waals surface area (Å²) in [5.41, 5.74) is 1.34. The van der Waals surface area contributed by atoms with E-state index in [1.54, 1.807) is 13.8 Å². The van der Waals surface area contributed by atoms with Gasteiger partial charge in [0.15, 0.2) is 5.72 Å². The lowest BCUT2D eigenvalue weighted by Crippen LogP contribution is -2.42. The third-order valence-corrected chi connectivity index (χ3v) is 4.51. The van der Waals surface area contributed by atoms with Gasteiger partial charge in [0.25, 0.3) is 5.91 Å². The van der Waals surface area contributed by atoms with E-state index in [0.717, 1.165) is 5.69 Å². The Balaban J connectivity index is 1.75. The molecule has 1 atom stereocenters. The predicted octanol–water partition coefficient (Wildman–Crippen LogP) is 2.92. The fourth-order valence-electron chi connectivity index (χ4n) is 3.21. The SMILES string of the molecule is CC1=NN(c2ccccc2)C(=O)/C1=C1\C=NN(c2ccccc2)C1(C)O. The first-order valence-corrected chi connectivity index (χ1v) is 8.31. The Morgan fingerprint density at radius 1 is 0.962 bits per heavy atom. The van der Waals surface area contributed by atoms with Crippen LogP contribution in [0.5, 0.6) is 0 Å². The summed E-state index contributed by atoms with van der Waals surface area (Å²) in [6, 6.07) is 18.6. The zero-order valence-electron chi connectivity index (χ0n) is 14.5. The average molecular weight is 346 g/mol. The smallest absolute Gasteiger partial charge is 0.281 e. The lowest BCUT2D eigenvalue weighted by Gasteiger charge is -2.30. The minimum Gasteiger partial charge on any atom is -0.365 e. The van der Waals surface area contributed by atoms with Crippen molar-refractivity contribution < 1.29 is 9.90 Å². The van der Waals surface area contributed by atoms with Gasteiger partial charge in [-0.15, -0.1) is 0 Å².